The van der Waals surface area contributed by atoms with Crippen molar-refractivity contribution in [3.05, 3.63) is 84.2 Å². The Kier molecular flexibility index (Phi) is 10.6. The van der Waals surface area contributed by atoms with Gasteiger partial charge in [0.15, 0.2) is 21.3 Å². The van der Waals surface area contributed by atoms with Gasteiger partial charge in [0, 0.05) is 36.9 Å². The minimum atomic E-state index is -3.64. The first-order chi connectivity index (χ1) is 21.4. The van der Waals surface area contributed by atoms with Crippen LogP contribution in [0, 0.1) is 0 Å². The Morgan fingerprint density at radius 3 is 2.44 bits per heavy atom. The van der Waals surface area contributed by atoms with E-state index in [2.05, 4.69) is 15.6 Å². The van der Waals surface area contributed by atoms with E-state index >= 15 is 0 Å². The summed E-state index contributed by atoms with van der Waals surface area (Å²) in [6.45, 7) is 8.81. The summed E-state index contributed by atoms with van der Waals surface area (Å²) in [6.07, 6.45) is 3.31. The highest BCUT2D eigenvalue weighted by Crippen LogP contribution is 2.35. The van der Waals surface area contributed by atoms with Gasteiger partial charge in [0.25, 0.3) is 0 Å². The molecule has 0 aliphatic heterocycles. The van der Waals surface area contributed by atoms with Crippen LogP contribution in [-0.2, 0) is 26.0 Å². The fourth-order valence-electron chi connectivity index (χ4n) is 4.87. The van der Waals surface area contributed by atoms with Crippen molar-refractivity contribution < 1.29 is 27.5 Å². The van der Waals surface area contributed by atoms with Crippen LogP contribution >= 0.6 is 0 Å². The summed E-state index contributed by atoms with van der Waals surface area (Å²) in [5.74, 6) is 6.77. The number of carbonyl (C=O) groups is 2. The number of ether oxygens (including phenoxy) is 2. The molecule has 0 radical (unpaired) electrons. The van der Waals surface area contributed by atoms with E-state index in [1.54, 1.807) is 49.6 Å². The number of amides is 2. The number of hydrogen-bond donors (Lipinski definition) is 3. The van der Waals surface area contributed by atoms with Crippen molar-refractivity contribution >= 4 is 43.8 Å². The van der Waals surface area contributed by atoms with Gasteiger partial charge >= 0.3 is 0 Å². The van der Waals surface area contributed by atoms with E-state index in [4.69, 9.17) is 15.3 Å². The third kappa shape index (κ3) is 8.08. The number of nitrogens with one attached hydrogen (secondary N) is 2. The third-order valence-electron chi connectivity index (χ3n) is 6.94. The molecular weight excluding hydrogens is 594 g/mol. The molecule has 238 valence electrons. The number of nitrogens with zero attached hydrogens (tertiary/aromatic N) is 2. The molecule has 3 aromatic carbocycles. The molecule has 1 heterocycles. The van der Waals surface area contributed by atoms with Crippen molar-refractivity contribution in [3.63, 3.8) is 0 Å². The van der Waals surface area contributed by atoms with Gasteiger partial charge in [-0.15, -0.1) is 0 Å². The normalized spacial score (nSPS) is 12.1. The van der Waals surface area contributed by atoms with E-state index in [-0.39, 0.29) is 29.2 Å². The summed E-state index contributed by atoms with van der Waals surface area (Å²) in [7, 11) is -3.64. The number of benzene rings is 3. The summed E-state index contributed by atoms with van der Waals surface area (Å²) in [4.78, 5) is 30.0. The van der Waals surface area contributed by atoms with Crippen molar-refractivity contribution in [1.29, 1.82) is 0 Å². The predicted octanol–water partition coefficient (Wildman–Crippen LogP) is 4.91. The molecular formula is C33H39N5O6S. The molecule has 0 saturated carbocycles. The van der Waals surface area contributed by atoms with Crippen molar-refractivity contribution in [2.45, 2.75) is 58.2 Å². The third-order valence-corrected chi connectivity index (χ3v) is 8.77. The highest BCUT2D eigenvalue weighted by Gasteiger charge is 2.29. The molecule has 0 saturated heterocycles. The molecule has 0 fully saturated rings. The maximum atomic E-state index is 14.1. The van der Waals surface area contributed by atoms with Crippen LogP contribution in [0.5, 0.6) is 11.5 Å². The molecule has 4 aromatic rings. The highest BCUT2D eigenvalue weighted by atomic mass is 32.2. The van der Waals surface area contributed by atoms with Crippen LogP contribution in [0.1, 0.15) is 51.8 Å². The topological polar surface area (TPSA) is 153 Å². The maximum Gasteiger partial charge on any atom is 0.249 e. The monoisotopic (exact) mass is 633 g/mol. The van der Waals surface area contributed by atoms with Gasteiger partial charge in [-0.05, 0) is 85.8 Å². The Bertz CT molecular complexity index is 1790. The van der Waals surface area contributed by atoms with Gasteiger partial charge < -0.3 is 20.1 Å². The first kappa shape index (κ1) is 33.2. The fraction of sp³-hybridized carbons (Fsp3) is 0.303. The van der Waals surface area contributed by atoms with E-state index < -0.39 is 21.8 Å². The van der Waals surface area contributed by atoms with Gasteiger partial charge in [0.2, 0.25) is 11.8 Å². The number of nitrogens with two attached hydrogens (primary N) is 1. The number of aromatic nitrogens is 1. The first-order valence-corrected chi connectivity index (χ1v) is 16.3. The smallest absolute Gasteiger partial charge is 0.249 e. The lowest BCUT2D eigenvalue weighted by Crippen LogP contribution is -2.44. The van der Waals surface area contributed by atoms with Crippen LogP contribution in [0.15, 0.2) is 78.0 Å². The number of pyridine rings is 1. The standard InChI is InChI=1S/C33H39N5O6S/c1-6-43-30-18-24(9-12-29(30)44-21(3)4)32(38(34)28-11-8-25-19-35-15-14-23(25)17-28)33(40)36-20-26-16-27(37-22(5)39)10-13-31(26)45(41,42)7-2/h8-19,21,32H,6-7,20,34H2,1-5H3,(H,36,40)(H,37,39). The van der Waals surface area contributed by atoms with Crippen molar-refractivity contribution in [2.24, 2.45) is 5.84 Å². The summed E-state index contributed by atoms with van der Waals surface area (Å²) >= 11 is 0. The van der Waals surface area contributed by atoms with E-state index in [0.717, 1.165) is 10.8 Å². The van der Waals surface area contributed by atoms with E-state index in [0.29, 0.717) is 40.6 Å². The van der Waals surface area contributed by atoms with Crippen LogP contribution in [-0.4, -0.2) is 43.7 Å². The van der Waals surface area contributed by atoms with Crippen LogP contribution in [0.4, 0.5) is 11.4 Å². The second-order valence-electron chi connectivity index (χ2n) is 10.6. The second kappa shape index (κ2) is 14.4. The summed E-state index contributed by atoms with van der Waals surface area (Å²) in [6, 6.07) is 16.0. The van der Waals surface area contributed by atoms with Gasteiger partial charge in [-0.1, -0.05) is 19.1 Å². The van der Waals surface area contributed by atoms with Gasteiger partial charge in [-0.2, -0.15) is 0 Å². The Morgan fingerprint density at radius 2 is 1.76 bits per heavy atom. The molecule has 2 amide bonds. The Morgan fingerprint density at radius 1 is 0.978 bits per heavy atom. The van der Waals surface area contributed by atoms with Crippen LogP contribution in [0.25, 0.3) is 10.8 Å². The fourth-order valence-corrected chi connectivity index (χ4v) is 5.99. The Labute approximate surface area is 263 Å². The molecule has 1 aromatic heterocycles. The van der Waals surface area contributed by atoms with Crippen LogP contribution in [0.3, 0.4) is 0 Å². The lowest BCUT2D eigenvalue weighted by Gasteiger charge is -2.30. The molecule has 0 aliphatic rings. The average molecular weight is 634 g/mol. The van der Waals surface area contributed by atoms with Crippen LogP contribution in [0.2, 0.25) is 0 Å². The van der Waals surface area contributed by atoms with E-state index in [1.807, 2.05) is 39.0 Å². The van der Waals surface area contributed by atoms with Gasteiger partial charge in [0.1, 0.15) is 6.04 Å². The zero-order chi connectivity index (χ0) is 32.7. The number of fused-ring (bicyclic) bond motifs is 1. The number of hydrogen-bond acceptors (Lipinski definition) is 9. The zero-order valence-electron chi connectivity index (χ0n) is 26.0. The maximum absolute atomic E-state index is 14.1. The van der Waals surface area contributed by atoms with Gasteiger partial charge in [-0.3, -0.25) is 19.6 Å². The summed E-state index contributed by atoms with van der Waals surface area (Å²) in [5, 5.41) is 8.70. The van der Waals surface area contributed by atoms with Crippen molar-refractivity contribution in [3.8, 4) is 11.5 Å². The van der Waals surface area contributed by atoms with Crippen LogP contribution < -0.4 is 31.0 Å². The predicted molar refractivity (Wildman–Crippen MR) is 175 cm³/mol. The quantitative estimate of drug-likeness (QED) is 0.138. The lowest BCUT2D eigenvalue weighted by molar-refractivity contribution is -0.122. The molecule has 0 spiro atoms. The first-order valence-electron chi connectivity index (χ1n) is 14.7. The second-order valence-corrected chi connectivity index (χ2v) is 12.9. The minimum Gasteiger partial charge on any atom is -0.490 e. The lowest BCUT2D eigenvalue weighted by atomic mass is 10.0. The molecule has 0 aliphatic carbocycles. The average Bonchev–Trinajstić information content (AvgIpc) is 3.00. The molecule has 12 heteroatoms. The Balaban J connectivity index is 1.76. The summed E-state index contributed by atoms with van der Waals surface area (Å²) < 4.78 is 37.6. The van der Waals surface area contributed by atoms with Crippen molar-refractivity contribution in [2.75, 3.05) is 22.7 Å². The summed E-state index contributed by atoms with van der Waals surface area (Å²) in [5.41, 5.74) is 1.83. The molecule has 1 unspecified atom stereocenters. The molecule has 4 N–H and O–H groups in total. The highest BCUT2D eigenvalue weighted by molar-refractivity contribution is 7.91. The number of rotatable bonds is 13. The molecule has 45 heavy (non-hydrogen) atoms. The number of carbonyl (C=O) groups excluding carboxylic acids is 2. The SMILES string of the molecule is CCOc1cc(C(C(=O)NCc2cc(NC(C)=O)ccc2S(=O)(=O)CC)N(N)c2ccc3cnccc3c2)ccc1OC(C)C. The van der Waals surface area contributed by atoms with E-state index in [9.17, 15) is 18.0 Å². The molecule has 1 atom stereocenters. The molecule has 4 rings (SSSR count). The molecule has 11 nitrogen and oxygen atoms in total. The zero-order valence-corrected chi connectivity index (χ0v) is 26.9. The Hall–Kier alpha value is -4.68. The number of anilines is 2. The largest absolute Gasteiger partial charge is 0.490 e. The molecule has 0 bridgehead atoms. The van der Waals surface area contributed by atoms with Gasteiger partial charge in [0.05, 0.1) is 29.0 Å². The van der Waals surface area contributed by atoms with Gasteiger partial charge in [-0.25, -0.2) is 14.3 Å². The number of sulfone groups is 1. The van der Waals surface area contributed by atoms with E-state index in [1.165, 1.54) is 24.1 Å². The van der Waals surface area contributed by atoms with Crippen molar-refractivity contribution in [1.82, 2.24) is 10.3 Å². The minimum absolute atomic E-state index is 0.0671. The number of hydrazine groups is 1.